The summed E-state index contributed by atoms with van der Waals surface area (Å²) in [6.45, 7) is 6.05. The summed E-state index contributed by atoms with van der Waals surface area (Å²) in [4.78, 5) is 25.7. The molecule has 25 heavy (non-hydrogen) atoms. The molecule has 0 fully saturated rings. The van der Waals surface area contributed by atoms with E-state index in [2.05, 4.69) is 5.32 Å². The normalized spacial score (nSPS) is 10.8. The van der Waals surface area contributed by atoms with Crippen molar-refractivity contribution >= 4 is 39.1 Å². The lowest BCUT2D eigenvalue weighted by molar-refractivity contribution is -0.116. The van der Waals surface area contributed by atoms with E-state index in [1.54, 1.807) is 6.92 Å². The van der Waals surface area contributed by atoms with Crippen molar-refractivity contribution in [3.05, 3.63) is 52.5 Å². The SMILES string of the molecule is CCOC(=O)c1c(NC(=O)Cn2ccc3ccccc32)sc(C)c1C. The van der Waals surface area contributed by atoms with E-state index in [4.69, 9.17) is 4.74 Å². The molecule has 0 aliphatic heterocycles. The minimum atomic E-state index is -0.397. The highest BCUT2D eigenvalue weighted by atomic mass is 32.1. The molecule has 1 aromatic carbocycles. The molecular weight excluding hydrogens is 336 g/mol. The molecule has 0 bridgehead atoms. The van der Waals surface area contributed by atoms with Gasteiger partial charge < -0.3 is 14.6 Å². The fraction of sp³-hybridized carbons (Fsp3) is 0.263. The molecular formula is C19H20N2O3S. The number of aryl methyl sites for hydroxylation is 1. The molecule has 0 saturated carbocycles. The summed E-state index contributed by atoms with van der Waals surface area (Å²) in [5.41, 5.74) is 2.31. The molecule has 0 spiro atoms. The van der Waals surface area contributed by atoms with Gasteiger partial charge in [0.15, 0.2) is 0 Å². The van der Waals surface area contributed by atoms with Crippen molar-refractivity contribution in [2.75, 3.05) is 11.9 Å². The first kappa shape index (κ1) is 17.2. The maximum absolute atomic E-state index is 12.5. The number of thiophene rings is 1. The van der Waals surface area contributed by atoms with Crippen LogP contribution in [0.25, 0.3) is 10.9 Å². The lowest BCUT2D eigenvalue weighted by Crippen LogP contribution is -2.19. The van der Waals surface area contributed by atoms with Crippen LogP contribution in [0.4, 0.5) is 5.00 Å². The first-order valence-electron chi connectivity index (χ1n) is 8.12. The van der Waals surface area contributed by atoms with E-state index in [9.17, 15) is 9.59 Å². The van der Waals surface area contributed by atoms with Gasteiger partial charge >= 0.3 is 5.97 Å². The Bertz CT molecular complexity index is 939. The molecule has 0 radical (unpaired) electrons. The van der Waals surface area contributed by atoms with Crippen molar-refractivity contribution < 1.29 is 14.3 Å². The number of para-hydroxylation sites is 1. The predicted molar refractivity (Wildman–Crippen MR) is 100 cm³/mol. The van der Waals surface area contributed by atoms with Crippen LogP contribution in [0.2, 0.25) is 0 Å². The number of ether oxygens (including phenoxy) is 1. The second-order valence-electron chi connectivity index (χ2n) is 5.76. The molecule has 0 atom stereocenters. The number of esters is 1. The number of carbonyl (C=O) groups is 2. The summed E-state index contributed by atoms with van der Waals surface area (Å²) in [5.74, 6) is -0.570. The number of hydrogen-bond donors (Lipinski definition) is 1. The van der Waals surface area contributed by atoms with Crippen LogP contribution in [0.15, 0.2) is 36.5 Å². The fourth-order valence-corrected chi connectivity index (χ4v) is 3.83. The second kappa shape index (κ2) is 7.11. The van der Waals surface area contributed by atoms with Gasteiger partial charge in [0.25, 0.3) is 0 Å². The third kappa shape index (κ3) is 3.44. The van der Waals surface area contributed by atoms with Gasteiger partial charge in [-0.15, -0.1) is 11.3 Å². The van der Waals surface area contributed by atoms with Gasteiger partial charge in [0.05, 0.1) is 12.2 Å². The fourth-order valence-electron chi connectivity index (χ4n) is 2.76. The van der Waals surface area contributed by atoms with Crippen LogP contribution in [0, 0.1) is 13.8 Å². The monoisotopic (exact) mass is 356 g/mol. The topological polar surface area (TPSA) is 60.3 Å². The predicted octanol–water partition coefficient (Wildman–Crippen LogP) is 4.14. The van der Waals surface area contributed by atoms with E-state index in [1.807, 2.05) is 54.9 Å². The summed E-state index contributed by atoms with van der Waals surface area (Å²) in [6.07, 6.45) is 1.89. The van der Waals surface area contributed by atoms with Crippen molar-refractivity contribution in [3.8, 4) is 0 Å². The van der Waals surface area contributed by atoms with Crippen LogP contribution in [0.5, 0.6) is 0 Å². The molecule has 130 valence electrons. The molecule has 0 saturated heterocycles. The minimum absolute atomic E-state index is 0.173. The third-order valence-corrected chi connectivity index (χ3v) is 5.23. The summed E-state index contributed by atoms with van der Waals surface area (Å²) in [7, 11) is 0. The average Bonchev–Trinajstić information content (AvgIpc) is 3.09. The maximum Gasteiger partial charge on any atom is 0.341 e. The second-order valence-corrected chi connectivity index (χ2v) is 6.98. The van der Waals surface area contributed by atoms with E-state index in [-0.39, 0.29) is 12.5 Å². The first-order chi connectivity index (χ1) is 12.0. The summed E-state index contributed by atoms with van der Waals surface area (Å²) < 4.78 is 7.01. The summed E-state index contributed by atoms with van der Waals surface area (Å²) in [6, 6.07) is 9.88. The van der Waals surface area contributed by atoms with Crippen LogP contribution in [-0.4, -0.2) is 23.1 Å². The molecule has 3 rings (SSSR count). The standard InChI is InChI=1S/C19H20N2O3S/c1-4-24-19(23)17-12(2)13(3)25-18(17)20-16(22)11-21-10-9-14-7-5-6-8-15(14)21/h5-10H,4,11H2,1-3H3,(H,20,22). The van der Waals surface area contributed by atoms with Crippen molar-refractivity contribution in [3.63, 3.8) is 0 Å². The van der Waals surface area contributed by atoms with Crippen molar-refractivity contribution in [1.29, 1.82) is 0 Å². The molecule has 5 nitrogen and oxygen atoms in total. The highest BCUT2D eigenvalue weighted by Crippen LogP contribution is 2.33. The Morgan fingerprint density at radius 1 is 1.20 bits per heavy atom. The highest BCUT2D eigenvalue weighted by Gasteiger charge is 2.22. The van der Waals surface area contributed by atoms with Crippen molar-refractivity contribution in [2.45, 2.75) is 27.3 Å². The van der Waals surface area contributed by atoms with Gasteiger partial charge in [0.2, 0.25) is 5.91 Å². The van der Waals surface area contributed by atoms with Crippen LogP contribution >= 0.6 is 11.3 Å². The number of amides is 1. The Morgan fingerprint density at radius 3 is 2.72 bits per heavy atom. The van der Waals surface area contributed by atoms with E-state index in [0.717, 1.165) is 21.3 Å². The van der Waals surface area contributed by atoms with Crippen LogP contribution in [0.1, 0.15) is 27.7 Å². The smallest absolute Gasteiger partial charge is 0.341 e. The Labute approximate surface area is 150 Å². The number of hydrogen-bond acceptors (Lipinski definition) is 4. The van der Waals surface area contributed by atoms with Gasteiger partial charge in [0, 0.05) is 16.6 Å². The molecule has 0 aliphatic rings. The zero-order chi connectivity index (χ0) is 18.0. The number of nitrogens with zero attached hydrogens (tertiary/aromatic N) is 1. The van der Waals surface area contributed by atoms with E-state index < -0.39 is 5.97 Å². The van der Waals surface area contributed by atoms with Crippen LogP contribution in [-0.2, 0) is 16.1 Å². The molecule has 2 heterocycles. The lowest BCUT2D eigenvalue weighted by Gasteiger charge is -2.08. The van der Waals surface area contributed by atoms with Crippen LogP contribution < -0.4 is 5.32 Å². The number of carbonyl (C=O) groups excluding carboxylic acids is 2. The number of nitrogens with one attached hydrogen (secondary N) is 1. The lowest BCUT2D eigenvalue weighted by atomic mass is 10.1. The Hall–Kier alpha value is -2.60. The van der Waals surface area contributed by atoms with Gasteiger partial charge in [-0.3, -0.25) is 4.79 Å². The molecule has 1 N–H and O–H groups in total. The van der Waals surface area contributed by atoms with Gasteiger partial charge in [-0.1, -0.05) is 18.2 Å². The Morgan fingerprint density at radius 2 is 1.96 bits per heavy atom. The number of benzene rings is 1. The van der Waals surface area contributed by atoms with Gasteiger partial charge in [0.1, 0.15) is 11.5 Å². The molecule has 0 unspecified atom stereocenters. The van der Waals surface area contributed by atoms with Gasteiger partial charge in [-0.2, -0.15) is 0 Å². The van der Waals surface area contributed by atoms with E-state index >= 15 is 0 Å². The molecule has 0 aliphatic carbocycles. The van der Waals surface area contributed by atoms with Crippen LogP contribution in [0.3, 0.4) is 0 Å². The Kier molecular flexibility index (Phi) is 4.90. The summed E-state index contributed by atoms with van der Waals surface area (Å²) >= 11 is 1.40. The van der Waals surface area contributed by atoms with Crippen molar-refractivity contribution in [1.82, 2.24) is 4.57 Å². The van der Waals surface area contributed by atoms with Gasteiger partial charge in [-0.25, -0.2) is 4.79 Å². The number of rotatable bonds is 5. The highest BCUT2D eigenvalue weighted by molar-refractivity contribution is 7.16. The molecule has 6 heteroatoms. The quantitative estimate of drug-likeness (QED) is 0.699. The molecule has 1 amide bonds. The van der Waals surface area contributed by atoms with Crippen molar-refractivity contribution in [2.24, 2.45) is 0 Å². The first-order valence-corrected chi connectivity index (χ1v) is 8.93. The van der Waals surface area contributed by atoms with Gasteiger partial charge in [-0.05, 0) is 43.9 Å². The summed E-state index contributed by atoms with van der Waals surface area (Å²) in [5, 5.41) is 4.51. The van der Waals surface area contributed by atoms with E-state index in [0.29, 0.717) is 17.2 Å². The molecule has 2 aromatic heterocycles. The van der Waals surface area contributed by atoms with E-state index in [1.165, 1.54) is 11.3 Å². The number of aromatic nitrogens is 1. The number of anilines is 1. The Balaban J connectivity index is 1.81. The third-order valence-electron chi connectivity index (χ3n) is 4.11. The zero-order valence-corrected chi connectivity index (χ0v) is 15.3. The largest absolute Gasteiger partial charge is 0.462 e. The molecule has 3 aromatic rings. The minimum Gasteiger partial charge on any atom is -0.462 e. The number of fused-ring (bicyclic) bond motifs is 1. The average molecular weight is 356 g/mol. The maximum atomic E-state index is 12.5. The zero-order valence-electron chi connectivity index (χ0n) is 14.5.